The van der Waals surface area contributed by atoms with Crippen LogP contribution in [0.25, 0.3) is 0 Å². The van der Waals surface area contributed by atoms with E-state index in [2.05, 4.69) is 24.0 Å². The maximum atomic E-state index is 11.7. The Kier molecular flexibility index (Phi) is 3.92. The average molecular weight is 257 g/mol. The molecule has 2 rings (SSSR count). The van der Waals surface area contributed by atoms with Crippen LogP contribution in [0.15, 0.2) is 24.3 Å². The number of methoxy groups -OCH3 is 1. The number of esters is 1. The number of ether oxygens (including phenoxy) is 1. The van der Waals surface area contributed by atoms with Crippen molar-refractivity contribution in [2.24, 2.45) is 5.73 Å². The summed E-state index contributed by atoms with van der Waals surface area (Å²) in [6.07, 6.45) is 2.25. The number of carbonyl (C=O) groups is 1. The summed E-state index contributed by atoms with van der Waals surface area (Å²) in [5.41, 5.74) is 7.53. The van der Waals surface area contributed by atoms with Gasteiger partial charge in [0.05, 0.1) is 7.11 Å². The van der Waals surface area contributed by atoms with Gasteiger partial charge in [-0.2, -0.15) is 0 Å². The van der Waals surface area contributed by atoms with E-state index >= 15 is 0 Å². The molecule has 1 aliphatic rings. The molecule has 1 fully saturated rings. The minimum Gasteiger partial charge on any atom is -0.468 e. The van der Waals surface area contributed by atoms with E-state index in [9.17, 15) is 4.79 Å². The fourth-order valence-corrected chi connectivity index (χ4v) is 2.73. The Morgan fingerprint density at radius 2 is 2.11 bits per heavy atom. The Labute approximate surface area is 114 Å². The van der Waals surface area contributed by atoms with Crippen LogP contribution in [0.2, 0.25) is 0 Å². The van der Waals surface area contributed by atoms with E-state index in [4.69, 9.17) is 10.5 Å². The molecule has 0 amide bonds. The summed E-state index contributed by atoms with van der Waals surface area (Å²) in [6, 6.07) is 8.18. The molecule has 1 aromatic rings. The summed E-state index contributed by atoms with van der Waals surface area (Å²) in [4.78, 5) is 11.7. The fourth-order valence-electron chi connectivity index (χ4n) is 2.73. The highest BCUT2D eigenvalue weighted by Crippen LogP contribution is 2.40. The summed E-state index contributed by atoms with van der Waals surface area (Å²) in [5.74, 6) is 5.92. The summed E-state index contributed by atoms with van der Waals surface area (Å²) >= 11 is 0. The predicted octanol–water partition coefficient (Wildman–Crippen LogP) is 2.20. The third-order valence-corrected chi connectivity index (χ3v) is 3.79. The van der Waals surface area contributed by atoms with Crippen LogP contribution in [0.1, 0.15) is 43.2 Å². The van der Waals surface area contributed by atoms with E-state index < -0.39 is 5.54 Å². The molecular weight excluding hydrogens is 238 g/mol. The van der Waals surface area contributed by atoms with Crippen molar-refractivity contribution in [3.8, 4) is 11.8 Å². The number of benzene rings is 1. The summed E-state index contributed by atoms with van der Waals surface area (Å²) < 4.78 is 4.79. The second-order valence-electron chi connectivity index (χ2n) is 5.08. The highest BCUT2D eigenvalue weighted by molar-refractivity contribution is 5.81. The number of hydrogen-bond acceptors (Lipinski definition) is 3. The molecular formula is C16H19NO2. The lowest BCUT2D eigenvalue weighted by Gasteiger charge is -2.20. The molecule has 100 valence electrons. The van der Waals surface area contributed by atoms with Crippen LogP contribution in [-0.2, 0) is 9.53 Å². The molecule has 0 aliphatic heterocycles. The van der Waals surface area contributed by atoms with E-state index in [0.29, 0.717) is 18.8 Å². The number of carbonyl (C=O) groups excluding carboxylic acids is 1. The molecule has 0 spiro atoms. The van der Waals surface area contributed by atoms with Crippen LogP contribution < -0.4 is 5.73 Å². The van der Waals surface area contributed by atoms with Crippen LogP contribution in [0.4, 0.5) is 0 Å². The fraction of sp³-hybridized carbons (Fsp3) is 0.438. The van der Waals surface area contributed by atoms with Crippen LogP contribution in [0, 0.1) is 11.8 Å². The van der Waals surface area contributed by atoms with Crippen molar-refractivity contribution in [3.05, 3.63) is 35.4 Å². The minimum atomic E-state index is -0.818. The Morgan fingerprint density at radius 3 is 2.68 bits per heavy atom. The zero-order valence-electron chi connectivity index (χ0n) is 11.4. The van der Waals surface area contributed by atoms with Gasteiger partial charge in [0, 0.05) is 5.56 Å². The molecule has 0 unspecified atom stereocenters. The predicted molar refractivity (Wildman–Crippen MR) is 74.5 cm³/mol. The second kappa shape index (κ2) is 5.46. The SMILES string of the molecule is CC#Cc1ccc([C@H]2CC[C@](N)(C(=O)OC)C2)cc1. The molecule has 0 saturated heterocycles. The van der Waals surface area contributed by atoms with Gasteiger partial charge in [-0.1, -0.05) is 18.1 Å². The van der Waals surface area contributed by atoms with Crippen LogP contribution in [0.3, 0.4) is 0 Å². The van der Waals surface area contributed by atoms with Gasteiger partial charge in [0.1, 0.15) is 5.54 Å². The van der Waals surface area contributed by atoms with E-state index in [1.165, 1.54) is 12.7 Å². The van der Waals surface area contributed by atoms with E-state index in [0.717, 1.165) is 12.0 Å². The standard InChI is InChI=1S/C16H19NO2/c1-3-4-12-5-7-13(8-6-12)14-9-10-16(17,11-14)15(18)19-2/h5-8,14H,9-11,17H2,1-2H3/t14-,16+/m0/s1. The normalized spacial score (nSPS) is 25.5. The topological polar surface area (TPSA) is 52.3 Å². The van der Waals surface area contributed by atoms with E-state index in [-0.39, 0.29) is 5.97 Å². The zero-order chi connectivity index (χ0) is 13.9. The van der Waals surface area contributed by atoms with Gasteiger partial charge in [0.15, 0.2) is 0 Å². The number of hydrogen-bond donors (Lipinski definition) is 1. The zero-order valence-corrected chi connectivity index (χ0v) is 11.4. The molecule has 1 aromatic carbocycles. The first-order valence-corrected chi connectivity index (χ1v) is 6.49. The van der Waals surface area contributed by atoms with Gasteiger partial charge in [0.25, 0.3) is 0 Å². The van der Waals surface area contributed by atoms with E-state index in [1.807, 2.05) is 19.1 Å². The highest BCUT2D eigenvalue weighted by atomic mass is 16.5. The lowest BCUT2D eigenvalue weighted by molar-refractivity contribution is -0.146. The first-order chi connectivity index (χ1) is 9.09. The molecule has 2 atom stereocenters. The molecule has 3 nitrogen and oxygen atoms in total. The maximum absolute atomic E-state index is 11.7. The van der Waals surface area contributed by atoms with Crippen LogP contribution in [0.5, 0.6) is 0 Å². The van der Waals surface area contributed by atoms with Crippen molar-refractivity contribution in [2.45, 2.75) is 37.6 Å². The van der Waals surface area contributed by atoms with Gasteiger partial charge in [-0.3, -0.25) is 4.79 Å². The quantitative estimate of drug-likeness (QED) is 0.652. The van der Waals surface area contributed by atoms with Gasteiger partial charge >= 0.3 is 5.97 Å². The molecule has 0 bridgehead atoms. The maximum Gasteiger partial charge on any atom is 0.325 e. The highest BCUT2D eigenvalue weighted by Gasteiger charge is 2.43. The Bertz CT molecular complexity index is 524. The summed E-state index contributed by atoms with van der Waals surface area (Å²) in [6.45, 7) is 1.82. The Morgan fingerprint density at radius 1 is 1.42 bits per heavy atom. The Hall–Kier alpha value is -1.79. The minimum absolute atomic E-state index is 0.302. The Balaban J connectivity index is 2.12. The van der Waals surface area contributed by atoms with Gasteiger partial charge in [-0.05, 0) is 49.8 Å². The summed E-state index contributed by atoms with van der Waals surface area (Å²) in [5, 5.41) is 0. The molecule has 19 heavy (non-hydrogen) atoms. The molecule has 3 heteroatoms. The van der Waals surface area contributed by atoms with Gasteiger partial charge in [0.2, 0.25) is 0 Å². The number of rotatable bonds is 2. The molecule has 0 radical (unpaired) electrons. The first-order valence-electron chi connectivity index (χ1n) is 6.49. The third-order valence-electron chi connectivity index (χ3n) is 3.79. The summed E-state index contributed by atoms with van der Waals surface area (Å²) in [7, 11) is 1.39. The molecule has 0 aromatic heterocycles. The van der Waals surface area contributed by atoms with Crippen molar-refractivity contribution >= 4 is 5.97 Å². The van der Waals surface area contributed by atoms with Crippen molar-refractivity contribution in [1.82, 2.24) is 0 Å². The molecule has 2 N–H and O–H groups in total. The average Bonchev–Trinajstić information content (AvgIpc) is 2.83. The van der Waals surface area contributed by atoms with Crippen LogP contribution in [-0.4, -0.2) is 18.6 Å². The van der Waals surface area contributed by atoms with Crippen molar-refractivity contribution in [1.29, 1.82) is 0 Å². The van der Waals surface area contributed by atoms with Crippen molar-refractivity contribution in [2.75, 3.05) is 7.11 Å². The largest absolute Gasteiger partial charge is 0.468 e. The van der Waals surface area contributed by atoms with Gasteiger partial charge in [-0.25, -0.2) is 0 Å². The number of nitrogens with two attached hydrogens (primary N) is 1. The van der Waals surface area contributed by atoms with Gasteiger partial charge < -0.3 is 10.5 Å². The second-order valence-corrected chi connectivity index (χ2v) is 5.08. The molecule has 0 heterocycles. The lowest BCUT2D eigenvalue weighted by atomic mass is 9.93. The first kappa shape index (κ1) is 13.6. The smallest absolute Gasteiger partial charge is 0.325 e. The van der Waals surface area contributed by atoms with Gasteiger partial charge in [-0.15, -0.1) is 5.92 Å². The lowest BCUT2D eigenvalue weighted by Crippen LogP contribution is -2.46. The molecule has 1 aliphatic carbocycles. The van der Waals surface area contributed by atoms with Crippen molar-refractivity contribution in [3.63, 3.8) is 0 Å². The van der Waals surface area contributed by atoms with E-state index in [1.54, 1.807) is 0 Å². The van der Waals surface area contributed by atoms with Crippen molar-refractivity contribution < 1.29 is 9.53 Å². The van der Waals surface area contributed by atoms with Crippen LogP contribution >= 0.6 is 0 Å². The monoisotopic (exact) mass is 257 g/mol. The third kappa shape index (κ3) is 2.80. The molecule has 1 saturated carbocycles.